The Hall–Kier alpha value is -1.98. The number of ether oxygens (including phenoxy) is 1. The highest BCUT2D eigenvalue weighted by Crippen LogP contribution is 2.46. The molecule has 6 nitrogen and oxygen atoms in total. The first-order chi connectivity index (χ1) is 15.1. The van der Waals surface area contributed by atoms with Gasteiger partial charge in [0.25, 0.3) is 6.43 Å². The molecule has 2 aromatic rings. The van der Waals surface area contributed by atoms with E-state index in [1.807, 2.05) is 6.92 Å². The molecule has 1 aromatic carbocycles. The van der Waals surface area contributed by atoms with Crippen LogP contribution in [0.25, 0.3) is 11.3 Å². The lowest BCUT2D eigenvalue weighted by atomic mass is 9.90. The van der Waals surface area contributed by atoms with Crippen LogP contribution in [-0.4, -0.2) is 38.0 Å². The van der Waals surface area contributed by atoms with Gasteiger partial charge in [-0.2, -0.15) is 0 Å². The van der Waals surface area contributed by atoms with Crippen LogP contribution >= 0.6 is 0 Å². The number of halogens is 3. The summed E-state index contributed by atoms with van der Waals surface area (Å²) in [6.45, 7) is 11.7. The van der Waals surface area contributed by atoms with Crippen molar-refractivity contribution in [2.24, 2.45) is 5.73 Å². The molecule has 33 heavy (non-hydrogen) atoms. The number of hydroxylamine groups is 1. The summed E-state index contributed by atoms with van der Waals surface area (Å²) in [6.07, 6.45) is -3.17. The highest BCUT2D eigenvalue weighted by Gasteiger charge is 2.47. The van der Waals surface area contributed by atoms with Gasteiger partial charge >= 0.3 is 0 Å². The zero-order chi connectivity index (χ0) is 24.8. The number of benzene rings is 1. The van der Waals surface area contributed by atoms with E-state index in [1.165, 1.54) is 30.3 Å². The van der Waals surface area contributed by atoms with E-state index in [9.17, 15) is 18.3 Å². The van der Waals surface area contributed by atoms with Gasteiger partial charge in [0.1, 0.15) is 23.7 Å². The van der Waals surface area contributed by atoms with E-state index in [-0.39, 0.29) is 23.0 Å². The molecule has 1 aliphatic heterocycles. The summed E-state index contributed by atoms with van der Waals surface area (Å²) >= 11 is 0. The number of pyridine rings is 1. The summed E-state index contributed by atoms with van der Waals surface area (Å²) in [6, 6.07) is 6.82. The lowest BCUT2D eigenvalue weighted by Gasteiger charge is -2.38. The minimum Gasteiger partial charge on any atom is -0.489 e. The molecule has 2 unspecified atom stereocenters. The van der Waals surface area contributed by atoms with Crippen molar-refractivity contribution in [1.82, 2.24) is 10.5 Å². The van der Waals surface area contributed by atoms with Gasteiger partial charge in [0, 0.05) is 17.7 Å². The monoisotopic (exact) mass is 483 g/mol. The highest BCUT2D eigenvalue weighted by molar-refractivity contribution is 6.74. The summed E-state index contributed by atoms with van der Waals surface area (Å²) in [4.78, 5) is 4.30. The largest absolute Gasteiger partial charge is 0.489 e. The van der Waals surface area contributed by atoms with E-state index >= 15 is 0 Å². The van der Waals surface area contributed by atoms with Crippen LogP contribution in [0.15, 0.2) is 30.3 Å². The number of hydrogen-bond donors (Lipinski definition) is 3. The molecular formula is C23H32F3N3O3Si. The number of nitrogens with two attached hydrogens (primary N) is 1. The summed E-state index contributed by atoms with van der Waals surface area (Å²) < 4.78 is 53.4. The van der Waals surface area contributed by atoms with Gasteiger partial charge in [-0.15, -0.1) is 0 Å². The van der Waals surface area contributed by atoms with E-state index in [2.05, 4.69) is 44.3 Å². The lowest BCUT2D eigenvalue weighted by molar-refractivity contribution is -0.0975. The van der Waals surface area contributed by atoms with Crippen LogP contribution in [0.4, 0.5) is 13.2 Å². The van der Waals surface area contributed by atoms with Gasteiger partial charge in [0.2, 0.25) is 8.32 Å². The average molecular weight is 484 g/mol. The van der Waals surface area contributed by atoms with Crippen molar-refractivity contribution in [1.29, 1.82) is 0 Å². The van der Waals surface area contributed by atoms with Gasteiger partial charge in [-0.3, -0.25) is 0 Å². The molecule has 0 saturated heterocycles. The first kappa shape index (κ1) is 25.6. The minimum atomic E-state index is -3.17. The third-order valence-corrected chi connectivity index (χ3v) is 10.9. The Labute approximate surface area is 193 Å². The molecule has 182 valence electrons. The molecule has 3 rings (SSSR count). The molecule has 2 heterocycles. The maximum Gasteiger partial charge on any atom is 0.273 e. The SMILES string of the molecule is CC1(NO[Si](C)(C)C(C)(C)C)COc2c1cc(C(O)(CN)C(F)F)nc2-c1ccc(F)cc1. The Morgan fingerprint density at radius 1 is 1.27 bits per heavy atom. The Kier molecular flexibility index (Phi) is 6.73. The number of alkyl halides is 2. The van der Waals surface area contributed by atoms with Crippen molar-refractivity contribution in [2.45, 2.75) is 63.4 Å². The third-order valence-electron chi connectivity index (χ3n) is 6.64. The predicted octanol–water partition coefficient (Wildman–Crippen LogP) is 4.43. The molecule has 4 N–H and O–H groups in total. The molecule has 1 aromatic heterocycles. The molecule has 0 amide bonds. The zero-order valence-corrected chi connectivity index (χ0v) is 20.8. The zero-order valence-electron chi connectivity index (χ0n) is 19.8. The van der Waals surface area contributed by atoms with Gasteiger partial charge in [0.15, 0.2) is 11.4 Å². The lowest BCUT2D eigenvalue weighted by Crippen LogP contribution is -2.51. The molecule has 1 aliphatic rings. The number of hydrogen-bond acceptors (Lipinski definition) is 6. The smallest absolute Gasteiger partial charge is 0.273 e. The Morgan fingerprint density at radius 3 is 2.39 bits per heavy atom. The second-order valence-electron chi connectivity index (χ2n) is 10.3. The van der Waals surface area contributed by atoms with Crippen LogP contribution in [0.2, 0.25) is 18.1 Å². The predicted molar refractivity (Wildman–Crippen MR) is 123 cm³/mol. The Balaban J connectivity index is 2.15. The van der Waals surface area contributed by atoms with Gasteiger partial charge < -0.3 is 20.1 Å². The number of nitrogens with zero attached hydrogens (tertiary/aromatic N) is 1. The highest BCUT2D eigenvalue weighted by atomic mass is 28.4. The molecule has 0 radical (unpaired) electrons. The van der Waals surface area contributed by atoms with E-state index in [0.29, 0.717) is 16.9 Å². The van der Waals surface area contributed by atoms with E-state index in [4.69, 9.17) is 15.0 Å². The maximum atomic E-state index is 13.9. The van der Waals surface area contributed by atoms with Gasteiger partial charge in [0.05, 0.1) is 5.69 Å². The summed E-state index contributed by atoms with van der Waals surface area (Å²) in [5.74, 6) is -0.0967. The summed E-state index contributed by atoms with van der Waals surface area (Å²) in [5.41, 5.74) is 5.98. The molecule has 2 atom stereocenters. The minimum absolute atomic E-state index is 0.0726. The number of aromatic nitrogens is 1. The van der Waals surface area contributed by atoms with Gasteiger partial charge in [-0.05, 0) is 55.4 Å². The molecule has 10 heteroatoms. The fourth-order valence-electron chi connectivity index (χ4n) is 3.19. The third kappa shape index (κ3) is 4.67. The van der Waals surface area contributed by atoms with Gasteiger partial charge in [-0.1, -0.05) is 20.8 Å². The number of aliphatic hydroxyl groups is 1. The van der Waals surface area contributed by atoms with E-state index in [0.717, 1.165) is 0 Å². The summed E-state index contributed by atoms with van der Waals surface area (Å²) in [7, 11) is -2.21. The second-order valence-corrected chi connectivity index (χ2v) is 15.0. The van der Waals surface area contributed by atoms with Crippen LogP contribution < -0.4 is 16.0 Å². The van der Waals surface area contributed by atoms with Crippen molar-refractivity contribution in [3.63, 3.8) is 0 Å². The quantitative estimate of drug-likeness (QED) is 0.399. The number of fused-ring (bicyclic) bond motifs is 1. The van der Waals surface area contributed by atoms with Crippen molar-refractivity contribution in [3.8, 4) is 17.0 Å². The normalized spacial score (nSPS) is 20.5. The van der Waals surface area contributed by atoms with E-state index in [1.54, 1.807) is 0 Å². The molecular weight excluding hydrogens is 451 g/mol. The number of nitrogens with one attached hydrogen (secondary N) is 1. The second kappa shape index (κ2) is 8.66. The van der Waals surface area contributed by atoms with Crippen LogP contribution in [-0.2, 0) is 15.7 Å². The Bertz CT molecular complexity index is 1010. The van der Waals surface area contributed by atoms with Crippen LogP contribution in [0.3, 0.4) is 0 Å². The fourth-order valence-corrected chi connectivity index (χ4v) is 3.98. The van der Waals surface area contributed by atoms with E-state index < -0.39 is 38.2 Å². The first-order valence-corrected chi connectivity index (χ1v) is 13.7. The molecule has 0 saturated carbocycles. The number of rotatable bonds is 7. The molecule has 0 spiro atoms. The standard InChI is InChI=1S/C23H32F3N3O3Si/c1-21(2,3)33(5,6)32-29-22(4)13-31-19-16(22)11-17(23(30,12-27)20(25)26)28-18(19)14-7-9-15(24)10-8-14/h7-11,20,29-30H,12-13,27H2,1-6H3. The molecule has 0 fully saturated rings. The van der Waals surface area contributed by atoms with Crippen molar-refractivity contribution in [3.05, 3.63) is 47.4 Å². The van der Waals surface area contributed by atoms with Crippen molar-refractivity contribution in [2.75, 3.05) is 13.2 Å². The maximum absolute atomic E-state index is 13.9. The topological polar surface area (TPSA) is 89.6 Å². The molecule has 0 bridgehead atoms. The van der Waals surface area contributed by atoms with Crippen LogP contribution in [0.5, 0.6) is 5.75 Å². The van der Waals surface area contributed by atoms with Gasteiger partial charge in [-0.25, -0.2) is 23.6 Å². The summed E-state index contributed by atoms with van der Waals surface area (Å²) in [5, 5.41) is 10.6. The molecule has 0 aliphatic carbocycles. The fraction of sp³-hybridized carbons (Fsp3) is 0.522. The van der Waals surface area contributed by atoms with Crippen molar-refractivity contribution >= 4 is 8.32 Å². The first-order valence-electron chi connectivity index (χ1n) is 10.8. The Morgan fingerprint density at radius 2 is 1.88 bits per heavy atom. The van der Waals surface area contributed by atoms with Crippen LogP contribution in [0, 0.1) is 5.82 Å². The average Bonchev–Trinajstić information content (AvgIpc) is 3.08. The van der Waals surface area contributed by atoms with Crippen LogP contribution in [0.1, 0.15) is 39.0 Å². The van der Waals surface area contributed by atoms with Crippen molar-refractivity contribution < 1.29 is 27.5 Å².